The number of likely N-dealkylation sites (tertiary alicyclic amines) is 1. The van der Waals surface area contributed by atoms with Gasteiger partial charge in [0.15, 0.2) is 5.60 Å². The van der Waals surface area contributed by atoms with Crippen molar-refractivity contribution in [2.24, 2.45) is 0 Å². The fraction of sp³-hybridized carbons (Fsp3) is 0.429. The number of rotatable bonds is 1. The summed E-state index contributed by atoms with van der Waals surface area (Å²) >= 11 is 0. The molecule has 4 rings (SSSR count). The third-order valence-corrected chi connectivity index (χ3v) is 5.21. The summed E-state index contributed by atoms with van der Waals surface area (Å²) in [5.41, 5.74) is 0.911. The van der Waals surface area contributed by atoms with Crippen molar-refractivity contribution in [3.63, 3.8) is 0 Å². The molecular weight excluding hydrogens is 360 g/mol. The minimum absolute atomic E-state index is 0.190. The number of carbonyl (C=O) groups excluding carboxylic acids is 1. The molecule has 0 aliphatic carbocycles. The van der Waals surface area contributed by atoms with Crippen molar-refractivity contribution in [3.8, 4) is 11.4 Å². The van der Waals surface area contributed by atoms with E-state index in [2.05, 4.69) is 0 Å². The lowest BCUT2D eigenvalue weighted by atomic mass is 9.86. The number of benzene rings is 1. The highest BCUT2D eigenvalue weighted by Crippen LogP contribution is 2.45. The van der Waals surface area contributed by atoms with Crippen LogP contribution in [0.25, 0.3) is 5.69 Å². The minimum Gasteiger partial charge on any atom is -0.479 e. The quantitative estimate of drug-likeness (QED) is 0.809. The number of nitrogens with zero attached hydrogens (tertiary/aromatic N) is 2. The SMILES string of the molecule is CC(C)(C)OC(=O)N1CCC2(CC1)Oc1cc(C(=O)O)ccc1-n1cccc12. The molecule has 0 atom stereocenters. The molecule has 7 nitrogen and oxygen atoms in total. The first-order valence-corrected chi connectivity index (χ1v) is 9.41. The van der Waals surface area contributed by atoms with Gasteiger partial charge in [-0.3, -0.25) is 0 Å². The third kappa shape index (κ3) is 3.10. The highest BCUT2D eigenvalue weighted by Gasteiger charge is 2.45. The Morgan fingerprint density at radius 3 is 2.54 bits per heavy atom. The highest BCUT2D eigenvalue weighted by atomic mass is 16.6. The fourth-order valence-corrected chi connectivity index (χ4v) is 3.89. The van der Waals surface area contributed by atoms with Crippen LogP contribution >= 0.6 is 0 Å². The van der Waals surface area contributed by atoms with E-state index in [0.717, 1.165) is 11.4 Å². The Morgan fingerprint density at radius 1 is 1.18 bits per heavy atom. The van der Waals surface area contributed by atoms with Crippen LogP contribution in [0.2, 0.25) is 0 Å². The minimum atomic E-state index is -0.988. The first-order valence-electron chi connectivity index (χ1n) is 9.41. The maximum atomic E-state index is 12.4. The molecule has 148 valence electrons. The van der Waals surface area contributed by atoms with Gasteiger partial charge in [0, 0.05) is 32.1 Å². The molecule has 1 aromatic heterocycles. The van der Waals surface area contributed by atoms with E-state index in [1.807, 2.05) is 43.7 Å². The van der Waals surface area contributed by atoms with Gasteiger partial charge in [-0.25, -0.2) is 9.59 Å². The molecule has 2 aliphatic heterocycles. The van der Waals surface area contributed by atoms with Gasteiger partial charge in [0.25, 0.3) is 0 Å². The Bertz CT molecular complexity index is 933. The standard InChI is InChI=1S/C21H24N2O5/c1-20(2,3)28-19(26)22-11-8-21(9-12-22)17-5-4-10-23(17)15-7-6-14(18(24)25)13-16(15)27-21/h4-7,10,13H,8-9,11-12H2,1-3H3,(H,24,25). The van der Waals surface area contributed by atoms with Gasteiger partial charge in [0.1, 0.15) is 11.4 Å². The summed E-state index contributed by atoms with van der Waals surface area (Å²) in [6, 6.07) is 8.91. The van der Waals surface area contributed by atoms with Crippen LogP contribution in [0.1, 0.15) is 49.7 Å². The number of carboxylic acids is 1. The Hall–Kier alpha value is -2.96. The predicted octanol–water partition coefficient (Wildman–Crippen LogP) is 3.79. The van der Waals surface area contributed by atoms with E-state index in [1.165, 1.54) is 0 Å². The van der Waals surface area contributed by atoms with Crippen molar-refractivity contribution in [1.29, 1.82) is 0 Å². The summed E-state index contributed by atoms with van der Waals surface area (Å²) in [5.74, 6) is -0.437. The number of carbonyl (C=O) groups is 2. The molecule has 1 N–H and O–H groups in total. The van der Waals surface area contributed by atoms with Gasteiger partial charge >= 0.3 is 12.1 Å². The number of ether oxygens (including phenoxy) is 2. The van der Waals surface area contributed by atoms with Crippen LogP contribution in [-0.4, -0.2) is 45.3 Å². The van der Waals surface area contributed by atoms with Gasteiger partial charge in [-0.2, -0.15) is 0 Å². The van der Waals surface area contributed by atoms with Gasteiger partial charge in [0.2, 0.25) is 0 Å². The van der Waals surface area contributed by atoms with E-state index in [4.69, 9.17) is 9.47 Å². The number of fused-ring (bicyclic) bond motifs is 4. The number of aromatic nitrogens is 1. The van der Waals surface area contributed by atoms with Crippen molar-refractivity contribution in [2.45, 2.75) is 44.8 Å². The van der Waals surface area contributed by atoms with Crippen LogP contribution < -0.4 is 4.74 Å². The topological polar surface area (TPSA) is 81.0 Å². The van der Waals surface area contributed by atoms with Gasteiger partial charge in [-0.15, -0.1) is 0 Å². The fourth-order valence-electron chi connectivity index (χ4n) is 3.89. The molecule has 28 heavy (non-hydrogen) atoms. The number of aromatic carboxylic acids is 1. The second-order valence-corrected chi connectivity index (χ2v) is 8.31. The molecule has 1 fully saturated rings. The Kier molecular flexibility index (Phi) is 4.14. The van der Waals surface area contributed by atoms with Gasteiger partial charge in [0.05, 0.1) is 16.9 Å². The lowest BCUT2D eigenvalue weighted by Crippen LogP contribution is -2.50. The summed E-state index contributed by atoms with van der Waals surface area (Å²) in [4.78, 5) is 25.5. The van der Waals surface area contributed by atoms with Gasteiger partial charge in [-0.05, 0) is 51.1 Å². The zero-order valence-electron chi connectivity index (χ0n) is 16.3. The smallest absolute Gasteiger partial charge is 0.410 e. The van der Waals surface area contributed by atoms with Crippen molar-refractivity contribution < 1.29 is 24.2 Å². The van der Waals surface area contributed by atoms with Crippen LogP contribution in [0, 0.1) is 0 Å². The van der Waals surface area contributed by atoms with Crippen molar-refractivity contribution in [2.75, 3.05) is 13.1 Å². The molecule has 1 saturated heterocycles. The molecule has 1 amide bonds. The van der Waals surface area contributed by atoms with E-state index >= 15 is 0 Å². The van der Waals surface area contributed by atoms with Crippen LogP contribution in [0.4, 0.5) is 4.79 Å². The van der Waals surface area contributed by atoms with Gasteiger partial charge in [-0.1, -0.05) is 0 Å². The first kappa shape index (κ1) is 18.4. The normalized spacial score (nSPS) is 17.5. The summed E-state index contributed by atoms with van der Waals surface area (Å²) < 4.78 is 13.9. The highest BCUT2D eigenvalue weighted by molar-refractivity contribution is 5.88. The molecule has 3 heterocycles. The number of hydrogen-bond acceptors (Lipinski definition) is 4. The summed E-state index contributed by atoms with van der Waals surface area (Å²) in [6.07, 6.45) is 2.85. The molecule has 0 radical (unpaired) electrons. The number of hydrogen-bond donors (Lipinski definition) is 1. The van der Waals surface area contributed by atoms with E-state index < -0.39 is 17.2 Å². The number of piperidine rings is 1. The summed E-state index contributed by atoms with van der Waals surface area (Å²) in [5, 5.41) is 9.31. The third-order valence-electron chi connectivity index (χ3n) is 5.21. The van der Waals surface area contributed by atoms with E-state index in [9.17, 15) is 14.7 Å². The average Bonchev–Trinajstić information content (AvgIpc) is 3.11. The number of amides is 1. The van der Waals surface area contributed by atoms with Crippen LogP contribution in [0.15, 0.2) is 36.5 Å². The first-order chi connectivity index (χ1) is 13.2. The second-order valence-electron chi connectivity index (χ2n) is 8.31. The number of carboxylic acid groups (broad SMARTS) is 1. The molecule has 2 aliphatic rings. The second kappa shape index (κ2) is 6.29. The largest absolute Gasteiger partial charge is 0.479 e. The molecule has 0 unspecified atom stereocenters. The van der Waals surface area contributed by atoms with E-state index in [0.29, 0.717) is 31.7 Å². The van der Waals surface area contributed by atoms with Crippen LogP contribution in [-0.2, 0) is 10.3 Å². The van der Waals surface area contributed by atoms with E-state index in [1.54, 1.807) is 23.1 Å². The van der Waals surface area contributed by atoms with Crippen molar-refractivity contribution >= 4 is 12.1 Å². The molecule has 2 aromatic rings. The molecular formula is C21H24N2O5. The average molecular weight is 384 g/mol. The predicted molar refractivity (Wildman–Crippen MR) is 102 cm³/mol. The molecule has 1 aromatic carbocycles. The zero-order chi connectivity index (χ0) is 20.1. The summed E-state index contributed by atoms with van der Waals surface area (Å²) in [7, 11) is 0. The summed E-state index contributed by atoms with van der Waals surface area (Å²) in [6.45, 7) is 6.57. The zero-order valence-corrected chi connectivity index (χ0v) is 16.3. The maximum absolute atomic E-state index is 12.4. The van der Waals surface area contributed by atoms with Gasteiger partial charge < -0.3 is 24.0 Å². The Balaban J connectivity index is 1.61. The molecule has 0 bridgehead atoms. The van der Waals surface area contributed by atoms with Crippen molar-refractivity contribution in [3.05, 3.63) is 47.8 Å². The maximum Gasteiger partial charge on any atom is 0.410 e. The molecule has 7 heteroatoms. The monoisotopic (exact) mass is 384 g/mol. The Labute approximate surface area is 163 Å². The molecule has 0 saturated carbocycles. The molecule has 1 spiro atoms. The lowest BCUT2D eigenvalue weighted by molar-refractivity contribution is -0.0269. The van der Waals surface area contributed by atoms with E-state index in [-0.39, 0.29) is 11.7 Å². The van der Waals surface area contributed by atoms with Crippen LogP contribution in [0.5, 0.6) is 5.75 Å². The van der Waals surface area contributed by atoms with Crippen LogP contribution in [0.3, 0.4) is 0 Å². The van der Waals surface area contributed by atoms with Crippen molar-refractivity contribution in [1.82, 2.24) is 9.47 Å². The lowest BCUT2D eigenvalue weighted by Gasteiger charge is -2.45. The Morgan fingerprint density at radius 2 is 1.89 bits per heavy atom.